The number of likely N-dealkylation sites (N-methyl/N-ethyl adjacent to an activating group) is 1. The molecule has 0 atom stereocenters. The number of methoxy groups -OCH3 is 2. The van der Waals surface area contributed by atoms with E-state index in [9.17, 15) is 0 Å². The molecule has 1 aliphatic heterocycles. The molecule has 0 spiro atoms. The topological polar surface area (TPSA) is 37.8 Å². The second-order valence-corrected chi connectivity index (χ2v) is 7.04. The van der Waals surface area contributed by atoms with Gasteiger partial charge >= 0.3 is 0 Å². The van der Waals surface area contributed by atoms with E-state index in [4.69, 9.17) is 14.5 Å². The maximum Gasteiger partial charge on any atom is 0.141 e. The molecular weight excluding hydrogens is 421 g/mol. The Morgan fingerprint density at radius 2 is 1.60 bits per heavy atom. The summed E-state index contributed by atoms with van der Waals surface area (Å²) in [5.41, 5.74) is 2.05. The Hall–Kier alpha value is -2.21. The van der Waals surface area contributed by atoms with Crippen molar-refractivity contribution in [1.29, 1.82) is 0 Å². The van der Waals surface area contributed by atoms with Crippen molar-refractivity contribution in [3.63, 3.8) is 0 Å². The lowest BCUT2D eigenvalue weighted by Gasteiger charge is -2.35. The summed E-state index contributed by atoms with van der Waals surface area (Å²) in [7, 11) is 3.41. The minimum atomic E-state index is 0. The second kappa shape index (κ2) is 10.7. The molecule has 0 aliphatic carbocycles. The van der Waals surface area contributed by atoms with Crippen molar-refractivity contribution in [2.75, 3.05) is 51.8 Å². The fraction of sp³-hybridized carbons (Fsp3) is 0.348. The van der Waals surface area contributed by atoms with Gasteiger partial charge in [0.1, 0.15) is 17.3 Å². The molecule has 5 nitrogen and oxygen atoms in total. The van der Waals surface area contributed by atoms with E-state index in [0.29, 0.717) is 0 Å². The molecule has 2 aromatic carbocycles. The number of ether oxygens (including phenoxy) is 2. The molecule has 2 heterocycles. The first kappa shape index (κ1) is 24.1. The van der Waals surface area contributed by atoms with Crippen molar-refractivity contribution >= 4 is 41.4 Å². The first-order valence-corrected chi connectivity index (χ1v) is 9.83. The van der Waals surface area contributed by atoms with Crippen molar-refractivity contribution < 1.29 is 9.47 Å². The number of rotatable bonds is 5. The molecule has 162 valence electrons. The van der Waals surface area contributed by atoms with Gasteiger partial charge in [-0.25, -0.2) is 4.98 Å². The van der Waals surface area contributed by atoms with Crippen LogP contribution in [0.4, 0.5) is 5.82 Å². The van der Waals surface area contributed by atoms with Crippen LogP contribution >= 0.6 is 24.8 Å². The molecule has 0 amide bonds. The third kappa shape index (κ3) is 4.75. The summed E-state index contributed by atoms with van der Waals surface area (Å²) < 4.78 is 11.0. The van der Waals surface area contributed by atoms with E-state index in [0.717, 1.165) is 72.1 Å². The number of hydrogen-bond donors (Lipinski definition) is 0. The molecule has 4 rings (SSSR count). The van der Waals surface area contributed by atoms with Crippen molar-refractivity contribution in [1.82, 2.24) is 9.88 Å². The summed E-state index contributed by atoms with van der Waals surface area (Å²) in [4.78, 5) is 9.96. The van der Waals surface area contributed by atoms with Crippen LogP contribution in [-0.4, -0.2) is 56.8 Å². The molecule has 1 fully saturated rings. The highest BCUT2D eigenvalue weighted by Gasteiger charge is 2.21. The van der Waals surface area contributed by atoms with E-state index in [1.165, 1.54) is 0 Å². The summed E-state index contributed by atoms with van der Waals surface area (Å²) in [5.74, 6) is 2.73. The van der Waals surface area contributed by atoms with Crippen LogP contribution in [-0.2, 0) is 0 Å². The Kier molecular flexibility index (Phi) is 8.59. The van der Waals surface area contributed by atoms with Gasteiger partial charge < -0.3 is 19.3 Å². The lowest BCUT2D eigenvalue weighted by atomic mass is 10.0. The highest BCUT2D eigenvalue weighted by atomic mass is 35.5. The number of anilines is 1. The quantitative estimate of drug-likeness (QED) is 0.553. The molecule has 0 unspecified atom stereocenters. The van der Waals surface area contributed by atoms with Crippen LogP contribution in [0.25, 0.3) is 22.0 Å². The van der Waals surface area contributed by atoms with Gasteiger partial charge in [-0.2, -0.15) is 0 Å². The van der Waals surface area contributed by atoms with Crippen LogP contribution in [0.1, 0.15) is 6.92 Å². The molecule has 1 aliphatic rings. The van der Waals surface area contributed by atoms with Gasteiger partial charge in [0, 0.05) is 31.7 Å². The van der Waals surface area contributed by atoms with E-state index in [1.807, 2.05) is 24.3 Å². The molecule has 7 heteroatoms. The predicted molar refractivity (Wildman–Crippen MR) is 129 cm³/mol. The Labute approximate surface area is 190 Å². The molecule has 0 saturated carbocycles. The molecular formula is C23H29Cl2N3O2. The zero-order valence-corrected chi connectivity index (χ0v) is 19.3. The number of piperazine rings is 1. The minimum absolute atomic E-state index is 0. The van der Waals surface area contributed by atoms with Crippen LogP contribution < -0.4 is 14.4 Å². The summed E-state index contributed by atoms with van der Waals surface area (Å²) in [5, 5.41) is 2.24. The van der Waals surface area contributed by atoms with Crippen LogP contribution in [0.3, 0.4) is 0 Å². The van der Waals surface area contributed by atoms with Gasteiger partial charge in [-0.05, 0) is 48.3 Å². The standard InChI is InChI=1S/C23H27N3O2.2ClH/c1-4-25-12-14-26(15-13-25)23-22-18(6-5-7-21(22)28-3)16-20(24-23)17-8-10-19(27-2)11-9-17;;/h5-11,16H,4,12-15H2,1-3H3;2*1H. The van der Waals surface area contributed by atoms with E-state index in [2.05, 4.69) is 41.0 Å². The fourth-order valence-corrected chi connectivity index (χ4v) is 3.84. The summed E-state index contributed by atoms with van der Waals surface area (Å²) >= 11 is 0. The van der Waals surface area contributed by atoms with Crippen molar-refractivity contribution in [2.45, 2.75) is 6.92 Å². The Balaban J connectivity index is 0.00000160. The molecule has 1 saturated heterocycles. The van der Waals surface area contributed by atoms with Gasteiger partial charge in [0.05, 0.1) is 25.3 Å². The average Bonchev–Trinajstić information content (AvgIpc) is 2.78. The lowest BCUT2D eigenvalue weighted by Crippen LogP contribution is -2.46. The Morgan fingerprint density at radius 3 is 2.20 bits per heavy atom. The second-order valence-electron chi connectivity index (χ2n) is 7.04. The summed E-state index contributed by atoms with van der Waals surface area (Å²) in [6.45, 7) is 7.37. The van der Waals surface area contributed by atoms with Crippen LogP contribution in [0, 0.1) is 0 Å². The Bertz CT molecular complexity index is 959. The number of aromatic nitrogens is 1. The normalized spacial score (nSPS) is 14.0. The monoisotopic (exact) mass is 449 g/mol. The minimum Gasteiger partial charge on any atom is -0.497 e. The number of hydrogen-bond acceptors (Lipinski definition) is 5. The van der Waals surface area contributed by atoms with E-state index < -0.39 is 0 Å². The van der Waals surface area contributed by atoms with Gasteiger partial charge in [0.25, 0.3) is 0 Å². The van der Waals surface area contributed by atoms with E-state index in [-0.39, 0.29) is 24.8 Å². The van der Waals surface area contributed by atoms with Gasteiger partial charge in [0.2, 0.25) is 0 Å². The van der Waals surface area contributed by atoms with Crippen molar-refractivity contribution in [3.8, 4) is 22.8 Å². The van der Waals surface area contributed by atoms with Crippen molar-refractivity contribution in [2.24, 2.45) is 0 Å². The van der Waals surface area contributed by atoms with E-state index in [1.54, 1.807) is 14.2 Å². The third-order valence-corrected chi connectivity index (χ3v) is 5.53. The number of benzene rings is 2. The van der Waals surface area contributed by atoms with Gasteiger partial charge in [0.15, 0.2) is 0 Å². The van der Waals surface area contributed by atoms with Gasteiger partial charge in [-0.1, -0.05) is 19.1 Å². The van der Waals surface area contributed by atoms with E-state index >= 15 is 0 Å². The maximum atomic E-state index is 5.68. The number of halogens is 2. The first-order chi connectivity index (χ1) is 13.7. The highest BCUT2D eigenvalue weighted by Crippen LogP contribution is 2.36. The molecule has 30 heavy (non-hydrogen) atoms. The summed E-state index contributed by atoms with van der Waals surface area (Å²) in [6, 6.07) is 16.4. The Morgan fingerprint density at radius 1 is 0.900 bits per heavy atom. The smallest absolute Gasteiger partial charge is 0.141 e. The fourth-order valence-electron chi connectivity index (χ4n) is 3.84. The van der Waals surface area contributed by atoms with Crippen LogP contribution in [0.15, 0.2) is 48.5 Å². The number of pyridine rings is 1. The van der Waals surface area contributed by atoms with Crippen LogP contribution in [0.5, 0.6) is 11.5 Å². The SMILES string of the molecule is CCN1CCN(c2nc(-c3ccc(OC)cc3)cc3cccc(OC)c23)CC1.Cl.Cl. The van der Waals surface area contributed by atoms with Gasteiger partial charge in [-0.3, -0.25) is 0 Å². The zero-order chi connectivity index (χ0) is 19.5. The zero-order valence-electron chi connectivity index (χ0n) is 17.6. The van der Waals surface area contributed by atoms with Crippen LogP contribution in [0.2, 0.25) is 0 Å². The number of nitrogens with zero attached hydrogens (tertiary/aromatic N) is 3. The largest absolute Gasteiger partial charge is 0.497 e. The maximum absolute atomic E-state index is 5.68. The first-order valence-electron chi connectivity index (χ1n) is 9.83. The predicted octanol–water partition coefficient (Wildman–Crippen LogP) is 4.90. The molecule has 0 N–H and O–H groups in total. The highest BCUT2D eigenvalue weighted by molar-refractivity contribution is 5.99. The number of fused-ring (bicyclic) bond motifs is 1. The molecule has 0 bridgehead atoms. The molecule has 3 aromatic rings. The average molecular weight is 450 g/mol. The summed E-state index contributed by atoms with van der Waals surface area (Å²) in [6.07, 6.45) is 0. The lowest BCUT2D eigenvalue weighted by molar-refractivity contribution is 0.270. The van der Waals surface area contributed by atoms with Gasteiger partial charge in [-0.15, -0.1) is 24.8 Å². The third-order valence-electron chi connectivity index (χ3n) is 5.53. The molecule has 0 radical (unpaired) electrons. The molecule has 1 aromatic heterocycles. The van der Waals surface area contributed by atoms with Crippen molar-refractivity contribution in [3.05, 3.63) is 48.5 Å².